The molecule has 0 atom stereocenters. The number of nitrogens with one attached hydrogen (secondary N) is 2. The Balaban J connectivity index is 1.69. The van der Waals surface area contributed by atoms with Crippen LogP contribution < -0.4 is 10.6 Å². The van der Waals surface area contributed by atoms with Crippen LogP contribution in [-0.2, 0) is 11.3 Å². The number of aryl methyl sites for hydroxylation is 4. The zero-order chi connectivity index (χ0) is 20.9. The van der Waals surface area contributed by atoms with Gasteiger partial charge in [0.25, 0.3) is 5.91 Å². The fraction of sp³-hybridized carbons (Fsp3) is 0.364. The van der Waals surface area contributed by atoms with Crippen LogP contribution in [-0.4, -0.2) is 26.0 Å². The van der Waals surface area contributed by atoms with Gasteiger partial charge in [0.05, 0.1) is 17.1 Å². The molecule has 1 aliphatic carbocycles. The summed E-state index contributed by atoms with van der Waals surface area (Å²) < 4.78 is 15.5. The fourth-order valence-corrected chi connectivity index (χ4v) is 3.57. The Kier molecular flexibility index (Phi) is 4.58. The SMILES string of the molecule is Cc1cc(F)cc(C)c1CNc1cc(NC(=O)C2(O)CC2)cn2c(C)c(C)nc12. The lowest BCUT2D eigenvalue weighted by atomic mass is 10.0. The third kappa shape index (κ3) is 3.58. The molecule has 29 heavy (non-hydrogen) atoms. The van der Waals surface area contributed by atoms with Crippen molar-refractivity contribution in [2.24, 2.45) is 0 Å². The number of fused-ring (bicyclic) bond motifs is 1. The van der Waals surface area contributed by atoms with Gasteiger partial charge in [-0.3, -0.25) is 4.79 Å². The van der Waals surface area contributed by atoms with Gasteiger partial charge in [0.15, 0.2) is 5.65 Å². The van der Waals surface area contributed by atoms with Crippen LogP contribution in [0, 0.1) is 33.5 Å². The highest BCUT2D eigenvalue weighted by Crippen LogP contribution is 2.36. The molecule has 4 rings (SSSR count). The van der Waals surface area contributed by atoms with E-state index in [0.717, 1.165) is 39.4 Å². The number of benzene rings is 1. The molecule has 152 valence electrons. The summed E-state index contributed by atoms with van der Waals surface area (Å²) in [6.07, 6.45) is 2.78. The van der Waals surface area contributed by atoms with Gasteiger partial charge < -0.3 is 20.1 Å². The Bertz CT molecular complexity index is 1110. The van der Waals surface area contributed by atoms with E-state index in [-0.39, 0.29) is 11.7 Å². The molecule has 1 aliphatic rings. The second-order valence-corrected chi connectivity index (χ2v) is 7.98. The van der Waals surface area contributed by atoms with Gasteiger partial charge in [-0.05, 0) is 75.4 Å². The second-order valence-electron chi connectivity index (χ2n) is 7.98. The van der Waals surface area contributed by atoms with E-state index in [9.17, 15) is 14.3 Å². The van der Waals surface area contributed by atoms with Crippen molar-refractivity contribution in [2.45, 2.75) is 52.7 Å². The first-order valence-electron chi connectivity index (χ1n) is 9.70. The first-order chi connectivity index (χ1) is 13.7. The minimum atomic E-state index is -1.25. The summed E-state index contributed by atoms with van der Waals surface area (Å²) in [7, 11) is 0. The molecule has 0 bridgehead atoms. The van der Waals surface area contributed by atoms with Gasteiger partial charge in [0.2, 0.25) is 0 Å². The Morgan fingerprint density at radius 1 is 1.21 bits per heavy atom. The molecule has 1 fully saturated rings. The van der Waals surface area contributed by atoms with Crippen LogP contribution in [0.25, 0.3) is 5.65 Å². The summed E-state index contributed by atoms with van der Waals surface area (Å²) >= 11 is 0. The number of aromatic nitrogens is 2. The number of aliphatic hydroxyl groups is 1. The van der Waals surface area contributed by atoms with Gasteiger partial charge in [0.1, 0.15) is 11.4 Å². The minimum Gasteiger partial charge on any atom is -0.380 e. The number of pyridine rings is 1. The fourth-order valence-electron chi connectivity index (χ4n) is 3.57. The lowest BCUT2D eigenvalue weighted by molar-refractivity contribution is -0.125. The van der Waals surface area contributed by atoms with Crippen LogP contribution in [0.4, 0.5) is 15.8 Å². The van der Waals surface area contributed by atoms with Gasteiger partial charge in [-0.1, -0.05) is 0 Å². The number of hydrogen-bond donors (Lipinski definition) is 3. The molecule has 0 spiro atoms. The van der Waals surface area contributed by atoms with Crippen LogP contribution in [0.2, 0.25) is 0 Å². The van der Waals surface area contributed by atoms with E-state index < -0.39 is 5.60 Å². The average molecular weight is 396 g/mol. The van der Waals surface area contributed by atoms with Gasteiger partial charge >= 0.3 is 0 Å². The molecule has 1 saturated carbocycles. The van der Waals surface area contributed by atoms with Gasteiger partial charge in [-0.25, -0.2) is 9.37 Å². The summed E-state index contributed by atoms with van der Waals surface area (Å²) in [6.45, 7) is 8.18. The van der Waals surface area contributed by atoms with Crippen molar-refractivity contribution >= 4 is 22.9 Å². The van der Waals surface area contributed by atoms with Crippen LogP contribution >= 0.6 is 0 Å². The third-order valence-electron chi connectivity index (χ3n) is 5.72. The maximum absolute atomic E-state index is 13.6. The summed E-state index contributed by atoms with van der Waals surface area (Å²) in [5.74, 6) is -0.629. The molecule has 3 N–H and O–H groups in total. The molecule has 1 amide bonds. The maximum atomic E-state index is 13.6. The van der Waals surface area contributed by atoms with E-state index in [1.54, 1.807) is 0 Å². The van der Waals surface area contributed by atoms with E-state index in [1.807, 2.05) is 44.4 Å². The van der Waals surface area contributed by atoms with E-state index in [0.29, 0.717) is 25.1 Å². The number of nitrogens with zero attached hydrogens (tertiary/aromatic N) is 2. The largest absolute Gasteiger partial charge is 0.380 e. The summed E-state index contributed by atoms with van der Waals surface area (Å²) in [5, 5.41) is 16.3. The van der Waals surface area contributed by atoms with Crippen molar-refractivity contribution in [2.75, 3.05) is 10.6 Å². The average Bonchev–Trinajstić information content (AvgIpc) is 3.33. The molecule has 2 heterocycles. The Morgan fingerprint density at radius 3 is 2.48 bits per heavy atom. The van der Waals surface area contributed by atoms with Crippen LogP contribution in [0.15, 0.2) is 24.4 Å². The highest BCUT2D eigenvalue weighted by Gasteiger charge is 2.48. The zero-order valence-electron chi connectivity index (χ0n) is 17.1. The highest BCUT2D eigenvalue weighted by molar-refractivity contribution is 5.99. The van der Waals surface area contributed by atoms with E-state index in [1.165, 1.54) is 12.1 Å². The molecule has 0 aliphatic heterocycles. The number of halogens is 1. The van der Waals surface area contributed by atoms with Crippen LogP contribution in [0.3, 0.4) is 0 Å². The van der Waals surface area contributed by atoms with Gasteiger partial charge in [0, 0.05) is 18.4 Å². The molecule has 0 saturated heterocycles. The molecule has 6 nitrogen and oxygen atoms in total. The zero-order valence-corrected chi connectivity index (χ0v) is 17.1. The number of anilines is 2. The number of rotatable bonds is 5. The first kappa shape index (κ1) is 19.4. The van der Waals surface area contributed by atoms with E-state index in [4.69, 9.17) is 0 Å². The molecular formula is C22H25FN4O2. The molecule has 1 aromatic carbocycles. The Morgan fingerprint density at radius 2 is 1.86 bits per heavy atom. The quantitative estimate of drug-likeness (QED) is 0.613. The van der Waals surface area contributed by atoms with Crippen molar-refractivity contribution in [1.29, 1.82) is 0 Å². The van der Waals surface area contributed by atoms with Crippen LogP contribution in [0.5, 0.6) is 0 Å². The molecule has 0 unspecified atom stereocenters. The lowest BCUT2D eigenvalue weighted by Crippen LogP contribution is -2.29. The van der Waals surface area contributed by atoms with Gasteiger partial charge in [-0.15, -0.1) is 0 Å². The predicted octanol–water partition coefficient (Wildman–Crippen LogP) is 3.78. The maximum Gasteiger partial charge on any atom is 0.256 e. The molecule has 0 radical (unpaired) electrons. The normalized spacial score (nSPS) is 14.8. The van der Waals surface area contributed by atoms with Crippen molar-refractivity contribution in [3.63, 3.8) is 0 Å². The number of carbonyl (C=O) groups is 1. The number of carbonyl (C=O) groups excluding carboxylic acids is 1. The van der Waals surface area contributed by atoms with Crippen molar-refractivity contribution in [1.82, 2.24) is 9.38 Å². The van der Waals surface area contributed by atoms with E-state index >= 15 is 0 Å². The number of amides is 1. The van der Waals surface area contributed by atoms with Crippen molar-refractivity contribution in [3.8, 4) is 0 Å². The van der Waals surface area contributed by atoms with Gasteiger partial charge in [-0.2, -0.15) is 0 Å². The number of imidazole rings is 1. The third-order valence-corrected chi connectivity index (χ3v) is 5.72. The first-order valence-corrected chi connectivity index (χ1v) is 9.70. The van der Waals surface area contributed by atoms with Crippen molar-refractivity contribution in [3.05, 3.63) is 58.3 Å². The highest BCUT2D eigenvalue weighted by atomic mass is 19.1. The molecule has 2 aromatic heterocycles. The summed E-state index contributed by atoms with van der Waals surface area (Å²) in [4.78, 5) is 16.9. The Hall–Kier alpha value is -2.93. The van der Waals surface area contributed by atoms with E-state index in [2.05, 4.69) is 15.6 Å². The predicted molar refractivity (Wildman–Crippen MR) is 111 cm³/mol. The molecular weight excluding hydrogens is 371 g/mol. The Labute approximate surface area is 168 Å². The smallest absolute Gasteiger partial charge is 0.256 e. The van der Waals surface area contributed by atoms with Crippen molar-refractivity contribution < 1.29 is 14.3 Å². The molecule has 3 aromatic rings. The summed E-state index contributed by atoms with van der Waals surface area (Å²) in [5.41, 5.74) is 5.48. The van der Waals surface area contributed by atoms with Crippen LogP contribution in [0.1, 0.15) is 40.9 Å². The number of hydrogen-bond acceptors (Lipinski definition) is 4. The standard InChI is InChI=1S/C22H25FN4O2/c1-12-7-16(23)8-13(2)18(12)10-24-19-9-17(26-21(28)22(29)5-6-22)11-27-15(4)14(3)25-20(19)27/h7-9,11,24,29H,5-6,10H2,1-4H3,(H,26,28). The lowest BCUT2D eigenvalue weighted by Gasteiger charge is -2.15. The summed E-state index contributed by atoms with van der Waals surface area (Å²) in [6, 6.07) is 4.87. The second kappa shape index (κ2) is 6.84. The topological polar surface area (TPSA) is 78.7 Å². The monoisotopic (exact) mass is 396 g/mol. The minimum absolute atomic E-state index is 0.242. The molecule has 7 heteroatoms.